The lowest BCUT2D eigenvalue weighted by Gasteiger charge is -2.06. The Balaban J connectivity index is 1.33. The van der Waals surface area contributed by atoms with Crippen LogP contribution in [0.4, 0.5) is 17.5 Å². The molecule has 0 radical (unpaired) electrons. The number of hydrogen-bond acceptors (Lipinski definition) is 7. The van der Waals surface area contributed by atoms with E-state index >= 15 is 0 Å². The van der Waals surface area contributed by atoms with Crippen molar-refractivity contribution >= 4 is 28.9 Å². The van der Waals surface area contributed by atoms with Gasteiger partial charge in [-0.15, -0.1) is 16.4 Å². The van der Waals surface area contributed by atoms with E-state index in [2.05, 4.69) is 43.3 Å². The van der Waals surface area contributed by atoms with Gasteiger partial charge < -0.3 is 15.1 Å². The first-order valence-electron chi connectivity index (χ1n) is 9.27. The summed E-state index contributed by atoms with van der Waals surface area (Å²) in [6, 6.07) is 17.0. The highest BCUT2D eigenvalue weighted by Crippen LogP contribution is 2.31. The molecule has 3 heterocycles. The van der Waals surface area contributed by atoms with E-state index in [1.807, 2.05) is 42.6 Å². The predicted octanol–water partition coefficient (Wildman–Crippen LogP) is 5.10. The smallest absolute Gasteiger partial charge is 0.320 e. The molecule has 4 aromatic rings. The predicted molar refractivity (Wildman–Crippen MR) is 111 cm³/mol. The van der Waals surface area contributed by atoms with Crippen molar-refractivity contribution in [2.75, 3.05) is 10.6 Å². The molecule has 0 amide bonds. The molecule has 140 valence electrons. The Hall–Kier alpha value is -3.19. The van der Waals surface area contributed by atoms with Crippen LogP contribution in [0, 0.1) is 0 Å². The maximum absolute atomic E-state index is 5.84. The summed E-state index contributed by atoms with van der Waals surface area (Å²) < 4.78 is 5.84. The fourth-order valence-electron chi connectivity index (χ4n) is 2.98. The molecule has 0 aliphatic heterocycles. The van der Waals surface area contributed by atoms with Crippen LogP contribution in [0.1, 0.15) is 23.3 Å². The molecule has 1 fully saturated rings. The lowest BCUT2D eigenvalue weighted by Crippen LogP contribution is -2.03. The number of benzene rings is 1. The van der Waals surface area contributed by atoms with E-state index in [0.29, 0.717) is 17.9 Å². The molecule has 0 bridgehead atoms. The van der Waals surface area contributed by atoms with Crippen molar-refractivity contribution in [1.29, 1.82) is 0 Å². The molecule has 1 aliphatic carbocycles. The molecule has 1 aliphatic rings. The number of hydrogen-bond donors (Lipinski definition) is 2. The quantitative estimate of drug-likeness (QED) is 0.458. The third-order valence-electron chi connectivity index (χ3n) is 4.54. The van der Waals surface area contributed by atoms with Crippen LogP contribution in [0.15, 0.2) is 64.5 Å². The molecular formula is C21H19N5OS. The van der Waals surface area contributed by atoms with Gasteiger partial charge >= 0.3 is 6.01 Å². The van der Waals surface area contributed by atoms with E-state index < -0.39 is 0 Å². The topological polar surface area (TPSA) is 75.9 Å². The van der Waals surface area contributed by atoms with Crippen molar-refractivity contribution in [1.82, 2.24) is 15.2 Å². The number of aromatic nitrogens is 3. The minimum Gasteiger partial charge on any atom is -0.403 e. The van der Waals surface area contributed by atoms with Crippen LogP contribution in [0.2, 0.25) is 0 Å². The number of para-hydroxylation sites is 1. The maximum atomic E-state index is 5.84. The Morgan fingerprint density at radius 3 is 2.82 bits per heavy atom. The van der Waals surface area contributed by atoms with Crippen molar-refractivity contribution in [2.45, 2.75) is 25.3 Å². The Labute approximate surface area is 166 Å². The average Bonchev–Trinajstić information content (AvgIpc) is 3.21. The van der Waals surface area contributed by atoms with Gasteiger partial charge in [-0.1, -0.05) is 23.3 Å². The van der Waals surface area contributed by atoms with E-state index in [0.717, 1.165) is 23.5 Å². The van der Waals surface area contributed by atoms with Crippen molar-refractivity contribution < 1.29 is 4.42 Å². The van der Waals surface area contributed by atoms with Gasteiger partial charge in [0.05, 0.1) is 5.56 Å². The van der Waals surface area contributed by atoms with Gasteiger partial charge in [-0.25, -0.2) is 4.98 Å². The Bertz CT molecular complexity index is 1070. The molecule has 0 spiro atoms. The number of thiophene rings is 1. The number of rotatable bonds is 7. The Morgan fingerprint density at radius 1 is 1.07 bits per heavy atom. The Morgan fingerprint density at radius 2 is 1.96 bits per heavy atom. The molecule has 7 heteroatoms. The molecule has 0 unspecified atom stereocenters. The average molecular weight is 389 g/mol. The third kappa shape index (κ3) is 3.89. The van der Waals surface area contributed by atoms with Crippen molar-refractivity contribution in [3.05, 3.63) is 70.5 Å². The van der Waals surface area contributed by atoms with Gasteiger partial charge in [0, 0.05) is 29.2 Å². The SMILES string of the molecule is c1ccc(Nc2nnc(-c3ccsc3Cc3ccnc(NC4CC4)c3)o2)cc1. The van der Waals surface area contributed by atoms with Gasteiger partial charge in [-0.2, -0.15) is 0 Å². The summed E-state index contributed by atoms with van der Waals surface area (Å²) in [4.78, 5) is 5.61. The number of anilines is 3. The van der Waals surface area contributed by atoms with Crippen LogP contribution in [0.25, 0.3) is 11.5 Å². The number of nitrogens with zero attached hydrogens (tertiary/aromatic N) is 3. The van der Waals surface area contributed by atoms with Crippen LogP contribution in [0.5, 0.6) is 0 Å². The van der Waals surface area contributed by atoms with Gasteiger partial charge in [-0.05, 0) is 54.1 Å². The highest BCUT2D eigenvalue weighted by Gasteiger charge is 2.21. The fraction of sp³-hybridized carbons (Fsp3) is 0.190. The highest BCUT2D eigenvalue weighted by atomic mass is 32.1. The summed E-state index contributed by atoms with van der Waals surface area (Å²) in [7, 11) is 0. The van der Waals surface area contributed by atoms with Crippen LogP contribution >= 0.6 is 11.3 Å². The molecule has 5 rings (SSSR count). The van der Waals surface area contributed by atoms with Gasteiger partial charge in [0.2, 0.25) is 0 Å². The van der Waals surface area contributed by atoms with Crippen LogP contribution in [-0.2, 0) is 6.42 Å². The standard InChI is InChI=1S/C21H19N5OS/c1-2-4-15(5-3-1)24-21-26-25-20(27-21)17-9-11-28-18(17)12-14-8-10-22-19(13-14)23-16-6-7-16/h1-5,8-11,13,16H,6-7,12H2,(H,22,23)(H,24,26). The summed E-state index contributed by atoms with van der Waals surface area (Å²) >= 11 is 1.70. The number of pyridine rings is 1. The molecule has 0 saturated heterocycles. The van der Waals surface area contributed by atoms with E-state index in [9.17, 15) is 0 Å². The maximum Gasteiger partial charge on any atom is 0.320 e. The second kappa shape index (κ2) is 7.44. The first-order valence-corrected chi connectivity index (χ1v) is 10.2. The zero-order valence-electron chi connectivity index (χ0n) is 15.1. The second-order valence-corrected chi connectivity index (χ2v) is 7.81. The van der Waals surface area contributed by atoms with Crippen molar-refractivity contribution in [3.8, 4) is 11.5 Å². The molecule has 6 nitrogen and oxygen atoms in total. The Kier molecular flexibility index (Phi) is 4.50. The molecule has 1 saturated carbocycles. The van der Waals surface area contributed by atoms with Crippen molar-refractivity contribution in [2.24, 2.45) is 0 Å². The summed E-state index contributed by atoms with van der Waals surface area (Å²) in [6.07, 6.45) is 5.13. The largest absolute Gasteiger partial charge is 0.403 e. The summed E-state index contributed by atoms with van der Waals surface area (Å²) in [5.74, 6) is 1.48. The van der Waals surface area contributed by atoms with Crippen molar-refractivity contribution in [3.63, 3.8) is 0 Å². The van der Waals surface area contributed by atoms with Gasteiger partial charge in [0.15, 0.2) is 0 Å². The molecule has 2 N–H and O–H groups in total. The zero-order chi connectivity index (χ0) is 18.8. The van der Waals surface area contributed by atoms with E-state index in [1.54, 1.807) is 11.3 Å². The van der Waals surface area contributed by atoms with Gasteiger partial charge in [-0.3, -0.25) is 0 Å². The van der Waals surface area contributed by atoms with Gasteiger partial charge in [0.25, 0.3) is 5.89 Å². The van der Waals surface area contributed by atoms with E-state index in [4.69, 9.17) is 4.42 Å². The van der Waals surface area contributed by atoms with E-state index in [1.165, 1.54) is 23.3 Å². The molecule has 1 aromatic carbocycles. The monoisotopic (exact) mass is 389 g/mol. The van der Waals surface area contributed by atoms with Gasteiger partial charge in [0.1, 0.15) is 5.82 Å². The van der Waals surface area contributed by atoms with Crippen LogP contribution in [0.3, 0.4) is 0 Å². The second-order valence-electron chi connectivity index (χ2n) is 6.81. The fourth-order valence-corrected chi connectivity index (χ4v) is 3.88. The third-order valence-corrected chi connectivity index (χ3v) is 5.47. The summed E-state index contributed by atoms with van der Waals surface area (Å²) in [6.45, 7) is 0. The minimum atomic E-state index is 0.387. The molecule has 28 heavy (non-hydrogen) atoms. The normalized spacial score (nSPS) is 13.4. The first kappa shape index (κ1) is 16.9. The lowest BCUT2D eigenvalue weighted by atomic mass is 10.1. The summed E-state index contributed by atoms with van der Waals surface area (Å²) in [5, 5.41) is 17.0. The number of nitrogens with one attached hydrogen (secondary N) is 2. The van der Waals surface area contributed by atoms with Crippen LogP contribution < -0.4 is 10.6 Å². The molecule has 3 aromatic heterocycles. The van der Waals surface area contributed by atoms with Crippen LogP contribution in [-0.4, -0.2) is 21.2 Å². The zero-order valence-corrected chi connectivity index (χ0v) is 15.9. The molecule has 0 atom stereocenters. The summed E-state index contributed by atoms with van der Waals surface area (Å²) in [5.41, 5.74) is 3.10. The lowest BCUT2D eigenvalue weighted by molar-refractivity contribution is 0.587. The van der Waals surface area contributed by atoms with E-state index in [-0.39, 0.29) is 0 Å². The first-order chi connectivity index (χ1) is 13.8. The minimum absolute atomic E-state index is 0.387. The highest BCUT2D eigenvalue weighted by molar-refractivity contribution is 7.10. The molecular weight excluding hydrogens is 370 g/mol.